The molecule has 3 nitrogen and oxygen atoms in total. The van der Waals surface area contributed by atoms with Crippen molar-refractivity contribution in [2.24, 2.45) is 5.73 Å². The van der Waals surface area contributed by atoms with E-state index in [-0.39, 0.29) is 0 Å². The molecule has 0 aromatic heterocycles. The highest BCUT2D eigenvalue weighted by Gasteiger charge is 2.22. The van der Waals surface area contributed by atoms with Crippen LogP contribution in [0, 0.1) is 0 Å². The zero-order valence-corrected chi connectivity index (χ0v) is 12.5. The van der Waals surface area contributed by atoms with E-state index in [1.165, 1.54) is 5.56 Å². The van der Waals surface area contributed by atoms with Crippen LogP contribution in [-0.4, -0.2) is 13.2 Å². The summed E-state index contributed by atoms with van der Waals surface area (Å²) in [6.07, 6.45) is 0.954. The fraction of sp³-hybridized carbons (Fsp3) is 0.294. The van der Waals surface area contributed by atoms with Gasteiger partial charge in [-0.25, -0.2) is 0 Å². The molecular weight excluding hydrogens is 286 g/mol. The van der Waals surface area contributed by atoms with Crippen LogP contribution in [0.25, 0.3) is 0 Å². The first-order chi connectivity index (χ1) is 10.3. The largest absolute Gasteiger partial charge is 0.493 e. The lowest BCUT2D eigenvalue weighted by Gasteiger charge is -2.26. The highest BCUT2D eigenvalue weighted by atomic mass is 35.5. The third kappa shape index (κ3) is 2.99. The van der Waals surface area contributed by atoms with Crippen molar-refractivity contribution < 1.29 is 9.47 Å². The minimum atomic E-state index is 0.333. The van der Waals surface area contributed by atoms with Crippen molar-refractivity contribution in [2.75, 3.05) is 13.2 Å². The van der Waals surface area contributed by atoms with Crippen molar-refractivity contribution in [3.63, 3.8) is 0 Å². The number of hydrogen-bond donors (Lipinski definition) is 1. The Hall–Kier alpha value is -1.71. The second-order valence-corrected chi connectivity index (χ2v) is 5.51. The van der Waals surface area contributed by atoms with Crippen molar-refractivity contribution in [2.45, 2.75) is 18.9 Å². The molecule has 1 unspecified atom stereocenters. The number of para-hydroxylation sites is 1. The number of fused-ring (bicyclic) bond motifs is 1. The van der Waals surface area contributed by atoms with Crippen LogP contribution in [0.4, 0.5) is 0 Å². The fourth-order valence-corrected chi connectivity index (χ4v) is 2.89. The summed E-state index contributed by atoms with van der Waals surface area (Å²) < 4.78 is 11.7. The van der Waals surface area contributed by atoms with Gasteiger partial charge in [0, 0.05) is 28.6 Å². The Bertz CT molecular complexity index is 630. The average Bonchev–Trinajstić information content (AvgIpc) is 2.53. The Morgan fingerprint density at radius 3 is 2.90 bits per heavy atom. The van der Waals surface area contributed by atoms with Crippen LogP contribution in [-0.2, 0) is 6.54 Å². The second kappa shape index (κ2) is 6.37. The molecule has 3 rings (SSSR count). The van der Waals surface area contributed by atoms with Crippen molar-refractivity contribution >= 4 is 11.6 Å². The van der Waals surface area contributed by atoms with Crippen LogP contribution in [0.2, 0.25) is 5.02 Å². The van der Waals surface area contributed by atoms with Crippen molar-refractivity contribution in [3.8, 4) is 11.5 Å². The van der Waals surface area contributed by atoms with Gasteiger partial charge in [-0.05, 0) is 24.6 Å². The van der Waals surface area contributed by atoms with E-state index in [0.717, 1.165) is 30.1 Å². The molecule has 2 N–H and O–H groups in total. The van der Waals surface area contributed by atoms with E-state index in [1.807, 2.05) is 36.4 Å². The van der Waals surface area contributed by atoms with E-state index in [1.54, 1.807) is 0 Å². The zero-order valence-electron chi connectivity index (χ0n) is 11.7. The van der Waals surface area contributed by atoms with E-state index < -0.39 is 0 Å². The molecule has 1 aliphatic rings. The lowest BCUT2D eigenvalue weighted by Crippen LogP contribution is -2.20. The van der Waals surface area contributed by atoms with Crippen LogP contribution in [0.15, 0.2) is 42.5 Å². The van der Waals surface area contributed by atoms with Crippen molar-refractivity contribution in [3.05, 3.63) is 58.6 Å². The number of rotatable bonds is 4. The van der Waals surface area contributed by atoms with Gasteiger partial charge >= 0.3 is 0 Å². The molecular formula is C17H18ClNO2. The Balaban J connectivity index is 1.76. The van der Waals surface area contributed by atoms with E-state index in [0.29, 0.717) is 24.1 Å². The quantitative estimate of drug-likeness (QED) is 0.935. The molecule has 0 bridgehead atoms. The van der Waals surface area contributed by atoms with Crippen LogP contribution >= 0.6 is 11.6 Å². The lowest BCUT2D eigenvalue weighted by molar-refractivity contribution is 0.216. The first-order valence-electron chi connectivity index (χ1n) is 7.11. The van der Waals surface area contributed by atoms with Crippen molar-refractivity contribution in [1.82, 2.24) is 0 Å². The fourth-order valence-electron chi connectivity index (χ4n) is 2.65. The van der Waals surface area contributed by atoms with Gasteiger partial charge in [0.2, 0.25) is 0 Å². The molecule has 0 saturated carbocycles. The topological polar surface area (TPSA) is 44.5 Å². The highest BCUT2D eigenvalue weighted by Crippen LogP contribution is 2.34. The first-order valence-corrected chi connectivity index (χ1v) is 7.49. The summed E-state index contributed by atoms with van der Waals surface area (Å²) in [4.78, 5) is 0. The van der Waals surface area contributed by atoms with Crippen LogP contribution < -0.4 is 15.2 Å². The van der Waals surface area contributed by atoms with E-state index >= 15 is 0 Å². The molecule has 0 amide bonds. The molecule has 0 spiro atoms. The monoisotopic (exact) mass is 303 g/mol. The number of ether oxygens (including phenoxy) is 2. The Kier molecular flexibility index (Phi) is 4.32. The highest BCUT2D eigenvalue weighted by molar-refractivity contribution is 6.31. The normalized spacial score (nSPS) is 17.0. The van der Waals surface area contributed by atoms with Gasteiger partial charge < -0.3 is 15.2 Å². The van der Waals surface area contributed by atoms with Gasteiger partial charge in [-0.15, -0.1) is 0 Å². The summed E-state index contributed by atoms with van der Waals surface area (Å²) in [6.45, 7) is 1.71. The number of halogens is 1. The third-order valence-corrected chi connectivity index (χ3v) is 4.16. The summed E-state index contributed by atoms with van der Waals surface area (Å²) in [7, 11) is 0. The minimum Gasteiger partial charge on any atom is -0.493 e. The molecule has 1 heterocycles. The Labute approximate surface area is 129 Å². The van der Waals surface area contributed by atoms with Crippen LogP contribution in [0.5, 0.6) is 11.5 Å². The molecule has 0 aliphatic carbocycles. The molecule has 2 aromatic carbocycles. The standard InChI is InChI=1S/C17H18ClNO2/c18-15-5-3-7-17(14(15)10-19)21-11-12-8-9-20-16-6-2-1-4-13(12)16/h1-7,12H,8-11,19H2. The van der Waals surface area contributed by atoms with Gasteiger partial charge in [0.15, 0.2) is 0 Å². The van der Waals surface area contributed by atoms with Gasteiger partial charge in [0.25, 0.3) is 0 Å². The van der Waals surface area contributed by atoms with Crippen LogP contribution in [0.3, 0.4) is 0 Å². The lowest BCUT2D eigenvalue weighted by atomic mass is 9.94. The molecule has 1 aliphatic heterocycles. The second-order valence-electron chi connectivity index (χ2n) is 5.10. The maximum atomic E-state index is 6.15. The summed E-state index contributed by atoms with van der Waals surface area (Å²) in [5.74, 6) is 2.07. The third-order valence-electron chi connectivity index (χ3n) is 3.80. The van der Waals surface area contributed by atoms with E-state index in [9.17, 15) is 0 Å². The van der Waals surface area contributed by atoms with Gasteiger partial charge in [0.05, 0.1) is 13.2 Å². The Morgan fingerprint density at radius 1 is 1.19 bits per heavy atom. The molecule has 4 heteroatoms. The van der Waals surface area contributed by atoms with Crippen molar-refractivity contribution in [1.29, 1.82) is 0 Å². The molecule has 2 aromatic rings. The Morgan fingerprint density at radius 2 is 2.05 bits per heavy atom. The maximum Gasteiger partial charge on any atom is 0.125 e. The molecule has 21 heavy (non-hydrogen) atoms. The minimum absolute atomic E-state index is 0.333. The number of nitrogens with two attached hydrogens (primary N) is 1. The van der Waals surface area contributed by atoms with Gasteiger partial charge in [-0.2, -0.15) is 0 Å². The van der Waals surface area contributed by atoms with E-state index in [2.05, 4.69) is 6.07 Å². The zero-order chi connectivity index (χ0) is 14.7. The number of hydrogen-bond acceptors (Lipinski definition) is 3. The van der Waals surface area contributed by atoms with E-state index in [4.69, 9.17) is 26.8 Å². The smallest absolute Gasteiger partial charge is 0.125 e. The summed E-state index contributed by atoms with van der Waals surface area (Å²) in [6, 6.07) is 13.8. The average molecular weight is 304 g/mol. The summed E-state index contributed by atoms with van der Waals surface area (Å²) >= 11 is 6.15. The SMILES string of the molecule is NCc1c(Cl)cccc1OCC1CCOc2ccccc21. The van der Waals surface area contributed by atoms with Gasteiger partial charge in [0.1, 0.15) is 11.5 Å². The molecule has 1 atom stereocenters. The first kappa shape index (κ1) is 14.2. The molecule has 0 radical (unpaired) electrons. The molecule has 110 valence electrons. The molecule has 0 fully saturated rings. The number of benzene rings is 2. The maximum absolute atomic E-state index is 6.15. The molecule has 0 saturated heterocycles. The van der Waals surface area contributed by atoms with Crippen LogP contribution in [0.1, 0.15) is 23.5 Å². The summed E-state index contributed by atoms with van der Waals surface area (Å²) in [5.41, 5.74) is 7.82. The van der Waals surface area contributed by atoms with Gasteiger partial charge in [-0.3, -0.25) is 0 Å². The predicted octanol–water partition coefficient (Wildman–Crippen LogP) is 3.74. The predicted molar refractivity (Wildman–Crippen MR) is 84.1 cm³/mol. The van der Waals surface area contributed by atoms with Gasteiger partial charge in [-0.1, -0.05) is 35.9 Å². The summed E-state index contributed by atoms with van der Waals surface area (Å²) in [5, 5.41) is 0.655.